The molecule has 0 heterocycles. The van der Waals surface area contributed by atoms with Crippen molar-refractivity contribution in [2.45, 2.75) is 39.3 Å². The summed E-state index contributed by atoms with van der Waals surface area (Å²) in [7, 11) is 2.11. The number of nitrogen functional groups attached to an aromatic ring is 1. The first-order valence-corrected chi connectivity index (χ1v) is 5.82. The highest BCUT2D eigenvalue weighted by atomic mass is 16.3. The molecule has 1 unspecified atom stereocenters. The summed E-state index contributed by atoms with van der Waals surface area (Å²) in [5.74, 6) is 0.160. The SMILES string of the molecule is CCCC(C)N(C)Cc1ccc(O)c(N)c1. The molecule has 1 aromatic carbocycles. The first-order valence-electron chi connectivity index (χ1n) is 5.82. The van der Waals surface area contributed by atoms with E-state index in [4.69, 9.17) is 5.73 Å². The number of benzene rings is 1. The van der Waals surface area contributed by atoms with Crippen molar-refractivity contribution in [1.82, 2.24) is 4.90 Å². The van der Waals surface area contributed by atoms with E-state index in [2.05, 4.69) is 25.8 Å². The van der Waals surface area contributed by atoms with Crippen molar-refractivity contribution in [2.24, 2.45) is 0 Å². The van der Waals surface area contributed by atoms with Crippen LogP contribution >= 0.6 is 0 Å². The first-order chi connectivity index (χ1) is 7.54. The van der Waals surface area contributed by atoms with Crippen molar-refractivity contribution in [2.75, 3.05) is 12.8 Å². The topological polar surface area (TPSA) is 49.5 Å². The average molecular weight is 222 g/mol. The van der Waals surface area contributed by atoms with E-state index in [1.54, 1.807) is 6.07 Å². The van der Waals surface area contributed by atoms with Gasteiger partial charge in [0.25, 0.3) is 0 Å². The number of hydrogen-bond acceptors (Lipinski definition) is 3. The van der Waals surface area contributed by atoms with Crippen LogP contribution in [0.25, 0.3) is 0 Å². The van der Waals surface area contributed by atoms with Crippen LogP contribution in [0.2, 0.25) is 0 Å². The van der Waals surface area contributed by atoms with Gasteiger partial charge >= 0.3 is 0 Å². The molecular formula is C13H22N2O. The monoisotopic (exact) mass is 222 g/mol. The summed E-state index contributed by atoms with van der Waals surface area (Å²) >= 11 is 0. The summed E-state index contributed by atoms with van der Waals surface area (Å²) in [6.45, 7) is 5.29. The van der Waals surface area contributed by atoms with Crippen LogP contribution in [0.5, 0.6) is 5.75 Å². The molecule has 0 aliphatic carbocycles. The van der Waals surface area contributed by atoms with Gasteiger partial charge in [-0.3, -0.25) is 4.90 Å². The van der Waals surface area contributed by atoms with Gasteiger partial charge in [0.1, 0.15) is 5.75 Å². The summed E-state index contributed by atoms with van der Waals surface area (Å²) in [5.41, 5.74) is 7.26. The molecule has 0 saturated carbocycles. The Morgan fingerprint density at radius 2 is 2.12 bits per heavy atom. The van der Waals surface area contributed by atoms with Gasteiger partial charge in [-0.2, -0.15) is 0 Å². The number of nitrogens with two attached hydrogens (primary N) is 1. The second-order valence-corrected chi connectivity index (χ2v) is 4.45. The predicted molar refractivity (Wildman–Crippen MR) is 68.4 cm³/mol. The fourth-order valence-corrected chi connectivity index (χ4v) is 1.78. The average Bonchev–Trinajstić information content (AvgIpc) is 2.24. The Balaban J connectivity index is 2.62. The summed E-state index contributed by atoms with van der Waals surface area (Å²) in [6, 6.07) is 5.98. The zero-order valence-corrected chi connectivity index (χ0v) is 10.4. The van der Waals surface area contributed by atoms with Crippen LogP contribution in [0.4, 0.5) is 5.69 Å². The smallest absolute Gasteiger partial charge is 0.138 e. The molecule has 16 heavy (non-hydrogen) atoms. The van der Waals surface area contributed by atoms with E-state index in [9.17, 15) is 5.11 Å². The number of hydrogen-bond donors (Lipinski definition) is 2. The predicted octanol–water partition coefficient (Wildman–Crippen LogP) is 2.59. The van der Waals surface area contributed by atoms with Gasteiger partial charge in [-0.25, -0.2) is 0 Å². The molecule has 0 amide bonds. The van der Waals surface area contributed by atoms with Gasteiger partial charge < -0.3 is 10.8 Å². The molecule has 0 bridgehead atoms. The van der Waals surface area contributed by atoms with Crippen molar-refractivity contribution >= 4 is 5.69 Å². The molecule has 0 radical (unpaired) electrons. The lowest BCUT2D eigenvalue weighted by molar-refractivity contribution is 0.237. The number of phenolic OH excluding ortho intramolecular Hbond substituents is 1. The third kappa shape index (κ3) is 3.42. The minimum Gasteiger partial charge on any atom is -0.506 e. The molecule has 0 aliphatic rings. The second kappa shape index (κ2) is 5.75. The maximum absolute atomic E-state index is 9.33. The fourth-order valence-electron chi connectivity index (χ4n) is 1.78. The molecule has 1 rings (SSSR count). The third-order valence-corrected chi connectivity index (χ3v) is 2.98. The van der Waals surface area contributed by atoms with Gasteiger partial charge in [-0.15, -0.1) is 0 Å². The van der Waals surface area contributed by atoms with Crippen molar-refractivity contribution in [3.05, 3.63) is 23.8 Å². The third-order valence-electron chi connectivity index (χ3n) is 2.98. The quantitative estimate of drug-likeness (QED) is 0.594. The van der Waals surface area contributed by atoms with Gasteiger partial charge in [-0.05, 0) is 38.1 Å². The Morgan fingerprint density at radius 1 is 1.44 bits per heavy atom. The molecule has 3 nitrogen and oxygen atoms in total. The molecule has 3 N–H and O–H groups in total. The zero-order chi connectivity index (χ0) is 12.1. The van der Waals surface area contributed by atoms with Crippen molar-refractivity contribution < 1.29 is 5.11 Å². The van der Waals surface area contributed by atoms with E-state index in [-0.39, 0.29) is 5.75 Å². The van der Waals surface area contributed by atoms with Crippen LogP contribution in [-0.2, 0) is 6.54 Å². The Labute approximate surface area is 97.9 Å². The largest absolute Gasteiger partial charge is 0.506 e. The minimum absolute atomic E-state index is 0.160. The maximum atomic E-state index is 9.33. The van der Waals surface area contributed by atoms with Crippen LogP contribution in [-0.4, -0.2) is 23.1 Å². The second-order valence-electron chi connectivity index (χ2n) is 4.45. The zero-order valence-electron chi connectivity index (χ0n) is 10.4. The van der Waals surface area contributed by atoms with Crippen LogP contribution in [0.3, 0.4) is 0 Å². The van der Waals surface area contributed by atoms with Crippen LogP contribution in [0.15, 0.2) is 18.2 Å². The first kappa shape index (κ1) is 12.8. The molecule has 0 spiro atoms. The Kier molecular flexibility index (Phi) is 4.62. The number of anilines is 1. The van der Waals surface area contributed by atoms with E-state index < -0.39 is 0 Å². The molecule has 1 aromatic rings. The van der Waals surface area contributed by atoms with E-state index in [0.29, 0.717) is 11.7 Å². The van der Waals surface area contributed by atoms with Crippen LogP contribution < -0.4 is 5.73 Å². The van der Waals surface area contributed by atoms with Gasteiger partial charge in [0.05, 0.1) is 5.69 Å². The van der Waals surface area contributed by atoms with E-state index in [0.717, 1.165) is 12.1 Å². The van der Waals surface area contributed by atoms with Gasteiger partial charge in [0.15, 0.2) is 0 Å². The van der Waals surface area contributed by atoms with E-state index >= 15 is 0 Å². The van der Waals surface area contributed by atoms with Crippen LogP contribution in [0.1, 0.15) is 32.3 Å². The van der Waals surface area contributed by atoms with Crippen LogP contribution in [0, 0.1) is 0 Å². The highest BCUT2D eigenvalue weighted by molar-refractivity contribution is 5.53. The molecule has 0 saturated heterocycles. The molecule has 1 atom stereocenters. The lowest BCUT2D eigenvalue weighted by Gasteiger charge is -2.24. The Bertz CT molecular complexity index is 339. The minimum atomic E-state index is 0.160. The van der Waals surface area contributed by atoms with E-state index in [1.807, 2.05) is 12.1 Å². The molecule has 3 heteroatoms. The Hall–Kier alpha value is -1.22. The summed E-state index contributed by atoms with van der Waals surface area (Å²) in [5, 5.41) is 9.33. The summed E-state index contributed by atoms with van der Waals surface area (Å²) < 4.78 is 0. The molecule has 0 aromatic heterocycles. The molecule has 0 aliphatic heterocycles. The van der Waals surface area contributed by atoms with Gasteiger partial charge in [0.2, 0.25) is 0 Å². The molecule has 0 fully saturated rings. The Morgan fingerprint density at radius 3 is 2.69 bits per heavy atom. The van der Waals surface area contributed by atoms with Crippen molar-refractivity contribution in [1.29, 1.82) is 0 Å². The molecule has 90 valence electrons. The van der Waals surface area contributed by atoms with Crippen molar-refractivity contribution in [3.63, 3.8) is 0 Å². The lowest BCUT2D eigenvalue weighted by Crippen LogP contribution is -2.28. The summed E-state index contributed by atoms with van der Waals surface area (Å²) in [6.07, 6.45) is 2.40. The standard InChI is InChI=1S/C13H22N2O/c1-4-5-10(2)15(3)9-11-6-7-13(16)12(14)8-11/h6-8,10,16H,4-5,9,14H2,1-3H3. The van der Waals surface area contributed by atoms with Gasteiger partial charge in [-0.1, -0.05) is 19.4 Å². The summed E-state index contributed by atoms with van der Waals surface area (Å²) in [4.78, 5) is 2.30. The normalized spacial score (nSPS) is 13.0. The molecular weight excluding hydrogens is 200 g/mol. The number of aromatic hydroxyl groups is 1. The van der Waals surface area contributed by atoms with E-state index in [1.165, 1.54) is 12.8 Å². The highest BCUT2D eigenvalue weighted by Gasteiger charge is 2.09. The fraction of sp³-hybridized carbons (Fsp3) is 0.538. The number of nitrogens with zero attached hydrogens (tertiary/aromatic N) is 1. The number of phenols is 1. The van der Waals surface area contributed by atoms with Crippen molar-refractivity contribution in [3.8, 4) is 5.75 Å². The maximum Gasteiger partial charge on any atom is 0.138 e. The lowest BCUT2D eigenvalue weighted by atomic mass is 10.1. The number of rotatable bonds is 5. The van der Waals surface area contributed by atoms with Gasteiger partial charge in [0, 0.05) is 12.6 Å². The highest BCUT2D eigenvalue weighted by Crippen LogP contribution is 2.21.